The van der Waals surface area contributed by atoms with Gasteiger partial charge >= 0.3 is 12.1 Å². The molecule has 4 amide bonds. The quantitative estimate of drug-likeness (QED) is 0.860. The molecule has 0 unspecified atom stereocenters. The van der Waals surface area contributed by atoms with E-state index < -0.39 is 0 Å². The minimum Gasteiger partial charge on any atom is -0.306 e. The molecule has 0 bridgehead atoms. The molecule has 1 aromatic rings. The fraction of sp³-hybridized carbons (Fsp3) is 0.529. The Bertz CT molecular complexity index is 625. The van der Waals surface area contributed by atoms with Gasteiger partial charge in [0.1, 0.15) is 0 Å². The lowest BCUT2D eigenvalue weighted by molar-refractivity contribution is -0.135. The second kappa shape index (κ2) is 8.17. The molecule has 8 nitrogen and oxygen atoms in total. The summed E-state index contributed by atoms with van der Waals surface area (Å²) >= 11 is 0. The largest absolute Gasteiger partial charge is 0.345 e. The zero-order valence-corrected chi connectivity index (χ0v) is 14.4. The molecule has 0 aliphatic carbocycles. The topological polar surface area (TPSA) is 83.1 Å². The van der Waals surface area contributed by atoms with Gasteiger partial charge in [0.25, 0.3) is 0 Å². The van der Waals surface area contributed by atoms with E-state index in [1.807, 2.05) is 13.0 Å². The third-order valence-electron chi connectivity index (χ3n) is 4.19. The number of aryl methyl sites for hydroxylation is 1. The summed E-state index contributed by atoms with van der Waals surface area (Å²) in [6, 6.07) is 4.77. The van der Waals surface area contributed by atoms with Crippen LogP contribution in [0, 0.1) is 6.92 Å². The number of nitrogens with one attached hydrogen (secondary N) is 2. The summed E-state index contributed by atoms with van der Waals surface area (Å²) in [4.78, 5) is 35.2. The number of carbonyl (C=O) groups excluding carboxylic acids is 2. The maximum atomic E-state index is 12.3. The summed E-state index contributed by atoms with van der Waals surface area (Å²) in [5, 5.41) is 8.32. The van der Waals surface area contributed by atoms with Gasteiger partial charge in [-0.05, 0) is 50.3 Å². The van der Waals surface area contributed by atoms with Gasteiger partial charge in [-0.15, -0.1) is 0 Å². The van der Waals surface area contributed by atoms with Crippen LogP contribution < -0.4 is 10.6 Å². The Balaban J connectivity index is 1.63. The Morgan fingerprint density at radius 2 is 1.52 bits per heavy atom. The van der Waals surface area contributed by atoms with Crippen LogP contribution in [0.2, 0.25) is 0 Å². The summed E-state index contributed by atoms with van der Waals surface area (Å²) in [6.07, 6.45) is 3.78. The molecule has 2 heterocycles. The van der Waals surface area contributed by atoms with E-state index in [-0.39, 0.29) is 12.1 Å². The van der Waals surface area contributed by atoms with Crippen LogP contribution >= 0.6 is 0 Å². The fourth-order valence-electron chi connectivity index (χ4n) is 2.71. The third kappa shape index (κ3) is 4.61. The van der Waals surface area contributed by atoms with Gasteiger partial charge in [0.2, 0.25) is 0 Å². The van der Waals surface area contributed by atoms with Crippen LogP contribution in [0.3, 0.4) is 0 Å². The van der Waals surface area contributed by atoms with Gasteiger partial charge in [-0.2, -0.15) is 0 Å². The van der Waals surface area contributed by atoms with Crippen molar-refractivity contribution in [1.29, 1.82) is 0 Å². The molecule has 0 radical (unpaired) electrons. The lowest BCUT2D eigenvalue weighted by atomic mass is 10.2. The highest BCUT2D eigenvalue weighted by molar-refractivity contribution is 5.93. The van der Waals surface area contributed by atoms with Crippen molar-refractivity contribution in [3.63, 3.8) is 0 Å². The number of urea groups is 2. The van der Waals surface area contributed by atoms with Gasteiger partial charge in [-0.25, -0.2) is 19.7 Å². The molecule has 0 aromatic heterocycles. The first-order valence-corrected chi connectivity index (χ1v) is 8.67. The number of hydrogen-bond acceptors (Lipinski definition) is 4. The highest BCUT2D eigenvalue weighted by Gasteiger charge is 2.20. The van der Waals surface area contributed by atoms with Crippen molar-refractivity contribution in [2.24, 2.45) is 0 Å². The molecule has 0 spiro atoms. The summed E-state index contributed by atoms with van der Waals surface area (Å²) in [6.45, 7) is 4.16. The van der Waals surface area contributed by atoms with E-state index in [1.165, 1.54) is 10.1 Å². The highest BCUT2D eigenvalue weighted by Crippen LogP contribution is 2.22. The number of nitrogens with zero attached hydrogens (tertiary/aromatic N) is 2. The Labute approximate surface area is 147 Å². The first-order valence-electron chi connectivity index (χ1n) is 8.67. The minimum absolute atomic E-state index is 0.300. The van der Waals surface area contributed by atoms with Crippen molar-refractivity contribution in [2.45, 2.75) is 32.6 Å². The van der Waals surface area contributed by atoms with E-state index in [9.17, 15) is 9.59 Å². The number of hydroxylamine groups is 4. The second-order valence-electron chi connectivity index (χ2n) is 6.17. The standard InChI is InChI=1S/C17H24N4O4/c1-13-6-7-14(18-16(22)20-8-2-4-10-24-20)12-15(13)19-17(23)21-9-3-5-11-25-21/h6-7,12H,2-5,8-11H2,1H3,(H,18,22)(H,19,23). The SMILES string of the molecule is Cc1ccc(NC(=O)N2CCCCO2)cc1NC(=O)N1CCCCO1. The van der Waals surface area contributed by atoms with E-state index >= 15 is 0 Å². The number of hydrogen-bond donors (Lipinski definition) is 2. The van der Waals surface area contributed by atoms with Crippen molar-refractivity contribution in [2.75, 3.05) is 36.9 Å². The molecule has 2 aliphatic rings. The van der Waals surface area contributed by atoms with Crippen LogP contribution in [0.4, 0.5) is 21.0 Å². The number of rotatable bonds is 2. The van der Waals surface area contributed by atoms with Gasteiger partial charge in [-0.3, -0.25) is 9.68 Å². The van der Waals surface area contributed by atoms with Crippen molar-refractivity contribution >= 4 is 23.4 Å². The lowest BCUT2D eigenvalue weighted by Crippen LogP contribution is -2.39. The fourth-order valence-corrected chi connectivity index (χ4v) is 2.71. The Morgan fingerprint density at radius 1 is 0.920 bits per heavy atom. The van der Waals surface area contributed by atoms with Crippen LogP contribution in [0.15, 0.2) is 18.2 Å². The van der Waals surface area contributed by atoms with Crippen LogP contribution in [0.5, 0.6) is 0 Å². The molecular formula is C17H24N4O4. The summed E-state index contributed by atoms with van der Waals surface area (Å²) in [5.74, 6) is 0. The van der Waals surface area contributed by atoms with E-state index in [1.54, 1.807) is 12.1 Å². The summed E-state index contributed by atoms with van der Waals surface area (Å²) < 4.78 is 0. The molecule has 2 aliphatic heterocycles. The zero-order chi connectivity index (χ0) is 17.6. The molecule has 2 N–H and O–H groups in total. The van der Waals surface area contributed by atoms with Crippen LogP contribution in [0.25, 0.3) is 0 Å². The maximum Gasteiger partial charge on any atom is 0.345 e. The molecule has 0 atom stereocenters. The Morgan fingerprint density at radius 3 is 2.08 bits per heavy atom. The molecule has 1 aromatic carbocycles. The number of carbonyl (C=O) groups is 2. The second-order valence-corrected chi connectivity index (χ2v) is 6.17. The van der Waals surface area contributed by atoms with Gasteiger partial charge in [0.15, 0.2) is 0 Å². The molecule has 25 heavy (non-hydrogen) atoms. The molecule has 136 valence electrons. The molecule has 3 rings (SSSR count). The minimum atomic E-state index is -0.305. The highest BCUT2D eigenvalue weighted by atomic mass is 16.7. The molecule has 0 saturated carbocycles. The Kier molecular flexibility index (Phi) is 5.72. The summed E-state index contributed by atoms with van der Waals surface area (Å²) in [5.41, 5.74) is 2.13. The first-order chi connectivity index (χ1) is 12.1. The molecule has 8 heteroatoms. The Hall–Kier alpha value is -2.32. The third-order valence-corrected chi connectivity index (χ3v) is 4.19. The average Bonchev–Trinajstić information content (AvgIpc) is 2.66. The first kappa shape index (κ1) is 17.5. The zero-order valence-electron chi connectivity index (χ0n) is 14.4. The number of anilines is 2. The van der Waals surface area contributed by atoms with Gasteiger partial charge in [0, 0.05) is 11.4 Å². The van der Waals surface area contributed by atoms with Gasteiger partial charge in [-0.1, -0.05) is 6.07 Å². The molecule has 2 fully saturated rings. The van der Waals surface area contributed by atoms with Crippen LogP contribution in [-0.4, -0.2) is 48.5 Å². The monoisotopic (exact) mass is 348 g/mol. The predicted molar refractivity (Wildman–Crippen MR) is 93.0 cm³/mol. The van der Waals surface area contributed by atoms with Crippen molar-refractivity contribution in [3.05, 3.63) is 23.8 Å². The number of amides is 4. The smallest absolute Gasteiger partial charge is 0.306 e. The molecule has 2 saturated heterocycles. The maximum absolute atomic E-state index is 12.3. The van der Waals surface area contributed by atoms with Crippen LogP contribution in [0.1, 0.15) is 31.2 Å². The average molecular weight is 348 g/mol. The van der Waals surface area contributed by atoms with Crippen molar-refractivity contribution < 1.29 is 19.3 Å². The summed E-state index contributed by atoms with van der Waals surface area (Å²) in [7, 11) is 0. The van der Waals surface area contributed by atoms with E-state index in [0.29, 0.717) is 37.7 Å². The normalized spacial score (nSPS) is 18.0. The van der Waals surface area contributed by atoms with Crippen molar-refractivity contribution in [1.82, 2.24) is 10.1 Å². The van der Waals surface area contributed by atoms with E-state index in [2.05, 4.69) is 10.6 Å². The van der Waals surface area contributed by atoms with Crippen LogP contribution in [-0.2, 0) is 9.68 Å². The lowest BCUT2D eigenvalue weighted by Gasteiger charge is -2.27. The van der Waals surface area contributed by atoms with Gasteiger partial charge in [0.05, 0.1) is 26.3 Å². The number of benzene rings is 1. The van der Waals surface area contributed by atoms with E-state index in [0.717, 1.165) is 31.2 Å². The van der Waals surface area contributed by atoms with Gasteiger partial charge < -0.3 is 10.6 Å². The molecular weight excluding hydrogens is 324 g/mol. The van der Waals surface area contributed by atoms with E-state index in [4.69, 9.17) is 9.68 Å². The van der Waals surface area contributed by atoms with Crippen molar-refractivity contribution in [3.8, 4) is 0 Å². The predicted octanol–water partition coefficient (Wildman–Crippen LogP) is 3.11.